The molecule has 1 fully saturated rings. The summed E-state index contributed by atoms with van der Waals surface area (Å²) in [5.74, 6) is 0.615. The maximum atomic E-state index is 5.57. The van der Waals surface area contributed by atoms with Crippen molar-refractivity contribution in [1.29, 1.82) is 0 Å². The molecule has 12 heavy (non-hydrogen) atoms. The average Bonchev–Trinajstić information content (AvgIpc) is 2.35. The predicted octanol–water partition coefficient (Wildman–Crippen LogP) is 1.82. The van der Waals surface area contributed by atoms with E-state index >= 15 is 0 Å². The molecule has 0 spiro atoms. The van der Waals surface area contributed by atoms with Gasteiger partial charge >= 0.3 is 0 Å². The lowest BCUT2D eigenvalue weighted by Gasteiger charge is -2.40. The quantitative estimate of drug-likeness (QED) is 0.702. The molecule has 66 valence electrons. The molecule has 0 amide bonds. The van der Waals surface area contributed by atoms with Crippen molar-refractivity contribution in [3.63, 3.8) is 0 Å². The van der Waals surface area contributed by atoms with Gasteiger partial charge in [0.05, 0.1) is 0 Å². The van der Waals surface area contributed by atoms with Gasteiger partial charge in [0, 0.05) is 17.2 Å². The van der Waals surface area contributed by atoms with Crippen LogP contribution in [-0.4, -0.2) is 10.2 Å². The molecular weight excluding hydrogens is 150 g/mol. The van der Waals surface area contributed by atoms with E-state index in [2.05, 4.69) is 17.1 Å². The first-order valence-electron chi connectivity index (χ1n) is 4.58. The Balaban J connectivity index is 2.27. The van der Waals surface area contributed by atoms with Crippen LogP contribution in [-0.2, 0) is 5.41 Å². The van der Waals surface area contributed by atoms with Crippen LogP contribution in [0, 0.1) is 0 Å². The Morgan fingerprint density at radius 2 is 2.42 bits per heavy atom. The molecule has 0 aliphatic heterocycles. The van der Waals surface area contributed by atoms with Crippen LogP contribution in [0.4, 0.5) is 5.82 Å². The van der Waals surface area contributed by atoms with Crippen LogP contribution >= 0.6 is 0 Å². The molecule has 3 heteroatoms. The largest absolute Gasteiger partial charge is 0.382 e. The molecule has 2 rings (SSSR count). The predicted molar refractivity (Wildman–Crippen MR) is 48.8 cm³/mol. The van der Waals surface area contributed by atoms with Crippen molar-refractivity contribution < 1.29 is 0 Å². The van der Waals surface area contributed by atoms with Crippen LogP contribution in [0.5, 0.6) is 0 Å². The van der Waals surface area contributed by atoms with Crippen molar-refractivity contribution >= 4 is 5.82 Å². The van der Waals surface area contributed by atoms with Crippen molar-refractivity contribution in [2.45, 2.75) is 38.0 Å². The Morgan fingerprint density at radius 1 is 1.67 bits per heavy atom. The summed E-state index contributed by atoms with van der Waals surface area (Å²) in [6.07, 6.45) is 5.09. The van der Waals surface area contributed by atoms with E-state index in [4.69, 9.17) is 5.73 Å². The minimum Gasteiger partial charge on any atom is -0.382 e. The second-order valence-electron chi connectivity index (χ2n) is 3.69. The lowest BCUT2D eigenvalue weighted by Crippen LogP contribution is -2.33. The summed E-state index contributed by atoms with van der Waals surface area (Å²) in [4.78, 5) is 0. The zero-order chi connectivity index (χ0) is 8.60. The Kier molecular flexibility index (Phi) is 1.60. The monoisotopic (exact) mass is 165 g/mol. The number of nitrogens with two attached hydrogens (primary N) is 1. The maximum Gasteiger partial charge on any atom is 0.145 e. The molecule has 1 heterocycles. The Morgan fingerprint density at radius 3 is 2.75 bits per heavy atom. The molecule has 0 unspecified atom stereocenters. The molecule has 1 aliphatic carbocycles. The highest BCUT2D eigenvalue weighted by atomic mass is 15.2. The fourth-order valence-electron chi connectivity index (χ4n) is 2.03. The summed E-state index contributed by atoms with van der Waals surface area (Å²) in [7, 11) is 0. The van der Waals surface area contributed by atoms with Crippen LogP contribution in [0.25, 0.3) is 0 Å². The van der Waals surface area contributed by atoms with Crippen LogP contribution in [0.2, 0.25) is 0 Å². The summed E-state index contributed by atoms with van der Waals surface area (Å²) in [5, 5.41) is 6.99. The van der Waals surface area contributed by atoms with Gasteiger partial charge in [-0.15, -0.1) is 0 Å². The van der Waals surface area contributed by atoms with E-state index in [1.54, 1.807) is 0 Å². The third kappa shape index (κ3) is 0.924. The van der Waals surface area contributed by atoms with Crippen LogP contribution in [0.1, 0.15) is 38.3 Å². The fourth-order valence-corrected chi connectivity index (χ4v) is 2.03. The summed E-state index contributed by atoms with van der Waals surface area (Å²) < 4.78 is 0. The summed E-state index contributed by atoms with van der Waals surface area (Å²) in [5.41, 5.74) is 7.18. The average molecular weight is 165 g/mol. The van der Waals surface area contributed by atoms with E-state index in [1.165, 1.54) is 31.4 Å². The van der Waals surface area contributed by atoms with Crippen molar-refractivity contribution in [1.82, 2.24) is 10.2 Å². The van der Waals surface area contributed by atoms with Gasteiger partial charge in [0.2, 0.25) is 0 Å². The number of anilines is 1. The lowest BCUT2D eigenvalue weighted by atomic mass is 9.65. The normalized spacial score (nSPS) is 20.4. The first kappa shape index (κ1) is 7.65. The van der Waals surface area contributed by atoms with Gasteiger partial charge in [0.25, 0.3) is 0 Å². The van der Waals surface area contributed by atoms with Gasteiger partial charge in [0.1, 0.15) is 5.82 Å². The molecule has 0 bridgehead atoms. The van der Waals surface area contributed by atoms with Gasteiger partial charge in [0.15, 0.2) is 0 Å². The van der Waals surface area contributed by atoms with E-state index < -0.39 is 0 Å². The molecule has 1 aliphatic rings. The van der Waals surface area contributed by atoms with E-state index in [1.807, 2.05) is 6.07 Å². The molecule has 0 radical (unpaired) electrons. The topological polar surface area (TPSA) is 54.7 Å². The third-order valence-electron chi connectivity index (χ3n) is 3.16. The van der Waals surface area contributed by atoms with Crippen LogP contribution < -0.4 is 5.73 Å². The lowest BCUT2D eigenvalue weighted by molar-refractivity contribution is 0.227. The number of nitrogen functional groups attached to an aromatic ring is 1. The van der Waals surface area contributed by atoms with Crippen LogP contribution in [0.3, 0.4) is 0 Å². The second-order valence-corrected chi connectivity index (χ2v) is 3.69. The zero-order valence-electron chi connectivity index (χ0n) is 7.43. The Bertz CT molecular complexity index is 268. The van der Waals surface area contributed by atoms with E-state index in [-0.39, 0.29) is 0 Å². The minimum atomic E-state index is 0.380. The van der Waals surface area contributed by atoms with Gasteiger partial charge < -0.3 is 5.73 Å². The number of rotatable bonds is 2. The maximum absolute atomic E-state index is 5.57. The van der Waals surface area contributed by atoms with Crippen molar-refractivity contribution in [3.8, 4) is 0 Å². The number of hydrogen-bond acceptors (Lipinski definition) is 2. The van der Waals surface area contributed by atoms with Crippen molar-refractivity contribution in [3.05, 3.63) is 11.8 Å². The highest BCUT2D eigenvalue weighted by Gasteiger charge is 2.38. The third-order valence-corrected chi connectivity index (χ3v) is 3.16. The highest BCUT2D eigenvalue weighted by molar-refractivity contribution is 5.33. The molecule has 1 aromatic rings. The van der Waals surface area contributed by atoms with Gasteiger partial charge in [-0.25, -0.2) is 0 Å². The van der Waals surface area contributed by atoms with Crippen molar-refractivity contribution in [2.24, 2.45) is 0 Å². The Labute approximate surface area is 72.4 Å². The van der Waals surface area contributed by atoms with Crippen LogP contribution in [0.15, 0.2) is 6.07 Å². The number of nitrogens with zero attached hydrogens (tertiary/aromatic N) is 1. The standard InChI is InChI=1S/C9H15N3/c1-2-9(4-3-5-9)7-6-8(10)12-11-7/h6H,2-5H2,1H3,(H3,10,11,12). The molecular formula is C9H15N3. The van der Waals surface area contributed by atoms with Gasteiger partial charge in [-0.1, -0.05) is 13.3 Å². The number of nitrogens with one attached hydrogen (secondary N) is 1. The van der Waals surface area contributed by atoms with E-state index in [0.717, 1.165) is 0 Å². The van der Waals surface area contributed by atoms with E-state index in [9.17, 15) is 0 Å². The number of hydrogen-bond donors (Lipinski definition) is 2. The zero-order valence-corrected chi connectivity index (χ0v) is 7.43. The van der Waals surface area contributed by atoms with Gasteiger partial charge in [-0.3, -0.25) is 5.10 Å². The SMILES string of the molecule is CCC1(c2cc(N)n[nH]2)CCC1. The molecule has 0 saturated heterocycles. The molecule has 1 saturated carbocycles. The summed E-state index contributed by atoms with van der Waals surface area (Å²) >= 11 is 0. The fraction of sp³-hybridized carbons (Fsp3) is 0.667. The number of H-pyrrole nitrogens is 1. The first-order valence-corrected chi connectivity index (χ1v) is 4.58. The second kappa shape index (κ2) is 2.51. The molecule has 0 aromatic carbocycles. The molecule has 1 aromatic heterocycles. The van der Waals surface area contributed by atoms with Gasteiger partial charge in [-0.05, 0) is 19.3 Å². The van der Waals surface area contributed by atoms with Gasteiger partial charge in [-0.2, -0.15) is 5.10 Å². The van der Waals surface area contributed by atoms with Crippen molar-refractivity contribution in [2.75, 3.05) is 5.73 Å². The summed E-state index contributed by atoms with van der Waals surface area (Å²) in [6.45, 7) is 2.23. The smallest absolute Gasteiger partial charge is 0.145 e. The first-order chi connectivity index (χ1) is 5.77. The number of aromatic amines is 1. The Hall–Kier alpha value is -0.990. The number of aromatic nitrogens is 2. The molecule has 0 atom stereocenters. The van der Waals surface area contributed by atoms with E-state index in [0.29, 0.717) is 11.2 Å². The summed E-state index contributed by atoms with van der Waals surface area (Å²) in [6, 6.07) is 1.97. The molecule has 3 nitrogen and oxygen atoms in total. The molecule has 3 N–H and O–H groups in total. The minimum absolute atomic E-state index is 0.380. The highest BCUT2D eigenvalue weighted by Crippen LogP contribution is 2.45.